The van der Waals surface area contributed by atoms with Gasteiger partial charge < -0.3 is 9.47 Å². The Balaban J connectivity index is 1.63. The maximum atomic E-state index is 12.3. The fraction of sp³-hybridized carbons (Fsp3) is 0.105. The third-order valence-corrected chi connectivity index (χ3v) is 4.13. The third kappa shape index (κ3) is 4.46. The minimum Gasteiger partial charge on any atom is -0.434 e. The van der Waals surface area contributed by atoms with Crippen molar-refractivity contribution in [2.45, 2.75) is 6.92 Å². The SMILES string of the molecule is CCOC(=O)Oc1ccc(C(=O)Nc2nc(-c3ccccc3)cs2)cc1. The van der Waals surface area contributed by atoms with E-state index >= 15 is 0 Å². The number of anilines is 1. The van der Waals surface area contributed by atoms with Crippen molar-refractivity contribution in [1.82, 2.24) is 4.98 Å². The molecule has 0 fully saturated rings. The number of carbonyl (C=O) groups excluding carboxylic acids is 2. The molecule has 0 unspecified atom stereocenters. The van der Waals surface area contributed by atoms with Gasteiger partial charge in [-0.3, -0.25) is 10.1 Å². The summed E-state index contributed by atoms with van der Waals surface area (Å²) in [7, 11) is 0. The zero-order chi connectivity index (χ0) is 18.4. The number of hydrogen-bond donors (Lipinski definition) is 1. The molecule has 6 nitrogen and oxygen atoms in total. The summed E-state index contributed by atoms with van der Waals surface area (Å²) >= 11 is 1.36. The highest BCUT2D eigenvalue weighted by atomic mass is 32.1. The molecule has 1 aromatic heterocycles. The first kappa shape index (κ1) is 17.6. The van der Waals surface area contributed by atoms with Crippen LogP contribution in [0.5, 0.6) is 5.75 Å². The molecule has 3 aromatic rings. The Morgan fingerprint density at radius 2 is 1.81 bits per heavy atom. The molecule has 0 bridgehead atoms. The maximum absolute atomic E-state index is 12.3. The van der Waals surface area contributed by atoms with Crippen molar-refractivity contribution in [3.63, 3.8) is 0 Å². The Bertz CT molecular complexity index is 891. The molecule has 0 saturated heterocycles. The quantitative estimate of drug-likeness (QED) is 0.526. The van der Waals surface area contributed by atoms with Crippen LogP contribution in [0.15, 0.2) is 60.0 Å². The van der Waals surface area contributed by atoms with Gasteiger partial charge in [0.15, 0.2) is 5.13 Å². The van der Waals surface area contributed by atoms with Gasteiger partial charge in [-0.1, -0.05) is 30.3 Å². The lowest BCUT2D eigenvalue weighted by atomic mass is 10.2. The molecule has 0 saturated carbocycles. The Labute approximate surface area is 154 Å². The van der Waals surface area contributed by atoms with E-state index < -0.39 is 6.16 Å². The molecule has 26 heavy (non-hydrogen) atoms. The first-order valence-corrected chi connectivity index (χ1v) is 8.80. The molecule has 2 aromatic carbocycles. The van der Waals surface area contributed by atoms with E-state index in [1.165, 1.54) is 23.5 Å². The molecule has 0 aliphatic carbocycles. The van der Waals surface area contributed by atoms with Gasteiger partial charge in [-0.2, -0.15) is 0 Å². The van der Waals surface area contributed by atoms with Crippen LogP contribution in [0.3, 0.4) is 0 Å². The van der Waals surface area contributed by atoms with Crippen molar-refractivity contribution in [3.8, 4) is 17.0 Å². The van der Waals surface area contributed by atoms with Crippen molar-refractivity contribution in [2.75, 3.05) is 11.9 Å². The van der Waals surface area contributed by atoms with Crippen molar-refractivity contribution >= 4 is 28.5 Å². The van der Waals surface area contributed by atoms with Gasteiger partial charge in [0.05, 0.1) is 12.3 Å². The van der Waals surface area contributed by atoms with Gasteiger partial charge >= 0.3 is 6.16 Å². The number of nitrogens with one attached hydrogen (secondary N) is 1. The zero-order valence-electron chi connectivity index (χ0n) is 14.0. The van der Waals surface area contributed by atoms with Crippen LogP contribution in [0.1, 0.15) is 17.3 Å². The summed E-state index contributed by atoms with van der Waals surface area (Å²) in [5, 5.41) is 5.17. The number of thiazole rings is 1. The van der Waals surface area contributed by atoms with E-state index in [0.29, 0.717) is 16.4 Å². The second-order valence-corrected chi connectivity index (χ2v) is 6.03. The predicted octanol–water partition coefficient (Wildman–Crippen LogP) is 4.60. The molecule has 0 spiro atoms. The molecular weight excluding hydrogens is 352 g/mol. The predicted molar refractivity (Wildman–Crippen MR) is 99.6 cm³/mol. The van der Waals surface area contributed by atoms with Gasteiger partial charge in [0.1, 0.15) is 5.75 Å². The van der Waals surface area contributed by atoms with Crippen LogP contribution in [-0.2, 0) is 4.74 Å². The molecule has 7 heteroatoms. The van der Waals surface area contributed by atoms with Gasteiger partial charge in [0.25, 0.3) is 5.91 Å². The number of carbonyl (C=O) groups is 2. The Morgan fingerprint density at radius 1 is 1.08 bits per heavy atom. The number of aromatic nitrogens is 1. The first-order chi connectivity index (χ1) is 12.7. The zero-order valence-corrected chi connectivity index (χ0v) is 14.8. The lowest BCUT2D eigenvalue weighted by molar-refractivity contribution is 0.102. The summed E-state index contributed by atoms with van der Waals surface area (Å²) in [6.07, 6.45) is -0.777. The number of nitrogens with zero attached hydrogens (tertiary/aromatic N) is 1. The van der Waals surface area contributed by atoms with Crippen molar-refractivity contribution < 1.29 is 19.1 Å². The maximum Gasteiger partial charge on any atom is 0.513 e. The Morgan fingerprint density at radius 3 is 2.50 bits per heavy atom. The Kier molecular flexibility index (Phi) is 5.60. The van der Waals surface area contributed by atoms with E-state index in [1.807, 2.05) is 35.7 Å². The van der Waals surface area contributed by atoms with Crippen molar-refractivity contribution in [1.29, 1.82) is 0 Å². The number of benzene rings is 2. The van der Waals surface area contributed by atoms with Gasteiger partial charge in [-0.25, -0.2) is 9.78 Å². The van der Waals surface area contributed by atoms with Gasteiger partial charge in [0, 0.05) is 16.5 Å². The topological polar surface area (TPSA) is 77.5 Å². The molecule has 0 aliphatic heterocycles. The monoisotopic (exact) mass is 368 g/mol. The smallest absolute Gasteiger partial charge is 0.434 e. The number of rotatable bonds is 5. The third-order valence-electron chi connectivity index (χ3n) is 3.37. The highest BCUT2D eigenvalue weighted by molar-refractivity contribution is 7.14. The molecule has 1 heterocycles. The number of hydrogen-bond acceptors (Lipinski definition) is 6. The van der Waals surface area contributed by atoms with E-state index in [0.717, 1.165) is 11.3 Å². The average molecular weight is 368 g/mol. The van der Waals surface area contributed by atoms with E-state index in [4.69, 9.17) is 9.47 Å². The van der Waals surface area contributed by atoms with Crippen LogP contribution < -0.4 is 10.1 Å². The molecule has 132 valence electrons. The van der Waals surface area contributed by atoms with E-state index in [9.17, 15) is 9.59 Å². The van der Waals surface area contributed by atoms with Crippen LogP contribution in [0.25, 0.3) is 11.3 Å². The normalized spacial score (nSPS) is 10.2. The minimum atomic E-state index is -0.777. The Hall–Kier alpha value is -3.19. The van der Waals surface area contributed by atoms with Crippen molar-refractivity contribution in [3.05, 3.63) is 65.5 Å². The lowest BCUT2D eigenvalue weighted by Crippen LogP contribution is -2.12. The van der Waals surface area contributed by atoms with Gasteiger partial charge in [-0.15, -0.1) is 11.3 Å². The minimum absolute atomic E-state index is 0.234. The fourth-order valence-electron chi connectivity index (χ4n) is 2.16. The summed E-state index contributed by atoms with van der Waals surface area (Å²) < 4.78 is 9.65. The molecule has 0 radical (unpaired) electrons. The largest absolute Gasteiger partial charge is 0.513 e. The standard InChI is InChI=1S/C19H16N2O4S/c1-2-24-19(23)25-15-10-8-14(9-11-15)17(22)21-18-20-16(12-26-18)13-6-4-3-5-7-13/h3-12H,2H2,1H3,(H,20,21,22). The summed E-state index contributed by atoms with van der Waals surface area (Å²) in [6.45, 7) is 1.93. The summed E-state index contributed by atoms with van der Waals surface area (Å²) in [5.41, 5.74) is 2.23. The highest BCUT2D eigenvalue weighted by Gasteiger charge is 2.11. The van der Waals surface area contributed by atoms with E-state index in [1.54, 1.807) is 19.1 Å². The lowest BCUT2D eigenvalue weighted by Gasteiger charge is -2.05. The van der Waals surface area contributed by atoms with Crippen molar-refractivity contribution in [2.24, 2.45) is 0 Å². The molecule has 0 atom stereocenters. The van der Waals surface area contributed by atoms with Crippen LogP contribution in [-0.4, -0.2) is 23.7 Å². The molecule has 3 rings (SSSR count). The summed E-state index contributed by atoms with van der Waals surface area (Å²) in [6, 6.07) is 15.9. The second-order valence-electron chi connectivity index (χ2n) is 5.17. The molecule has 0 aliphatic rings. The molecule has 1 amide bonds. The van der Waals surface area contributed by atoms with E-state index in [-0.39, 0.29) is 12.5 Å². The average Bonchev–Trinajstić information content (AvgIpc) is 3.12. The molecular formula is C19H16N2O4S. The number of amides is 1. The van der Waals surface area contributed by atoms with Crippen LogP contribution >= 0.6 is 11.3 Å². The van der Waals surface area contributed by atoms with Crippen LogP contribution in [0.4, 0.5) is 9.93 Å². The number of ether oxygens (including phenoxy) is 2. The highest BCUT2D eigenvalue weighted by Crippen LogP contribution is 2.25. The summed E-state index contributed by atoms with van der Waals surface area (Å²) in [5.74, 6) is 0.0160. The fourth-order valence-corrected chi connectivity index (χ4v) is 2.87. The van der Waals surface area contributed by atoms with Crippen LogP contribution in [0, 0.1) is 0 Å². The second kappa shape index (κ2) is 8.26. The summed E-state index contributed by atoms with van der Waals surface area (Å²) in [4.78, 5) is 28.0. The van der Waals surface area contributed by atoms with Gasteiger partial charge in [-0.05, 0) is 31.2 Å². The van der Waals surface area contributed by atoms with Crippen LogP contribution in [0.2, 0.25) is 0 Å². The first-order valence-electron chi connectivity index (χ1n) is 7.92. The van der Waals surface area contributed by atoms with Gasteiger partial charge in [0.2, 0.25) is 0 Å². The molecule has 1 N–H and O–H groups in total. The van der Waals surface area contributed by atoms with E-state index in [2.05, 4.69) is 10.3 Å².